The van der Waals surface area contributed by atoms with Gasteiger partial charge in [0, 0.05) is 6.04 Å². The zero-order valence-electron chi connectivity index (χ0n) is 8.78. The van der Waals surface area contributed by atoms with Crippen LogP contribution in [-0.2, 0) is 4.79 Å². The highest BCUT2D eigenvalue weighted by Crippen LogP contribution is 2.13. The molecule has 2 unspecified atom stereocenters. The second-order valence-electron chi connectivity index (χ2n) is 4.05. The third-order valence-corrected chi connectivity index (χ3v) is 3.02. The Kier molecular flexibility index (Phi) is 4.35. The van der Waals surface area contributed by atoms with Crippen molar-refractivity contribution >= 4 is 5.97 Å². The zero-order valence-corrected chi connectivity index (χ0v) is 8.78. The number of carboxylic acid groups (broad SMARTS) is 1. The van der Waals surface area contributed by atoms with Gasteiger partial charge in [0.05, 0.1) is 0 Å². The van der Waals surface area contributed by atoms with Crippen LogP contribution in [0, 0.1) is 0 Å². The summed E-state index contributed by atoms with van der Waals surface area (Å²) in [6, 6.07) is -0.807. The van der Waals surface area contributed by atoms with E-state index in [9.17, 15) is 4.79 Å². The van der Waals surface area contributed by atoms with Gasteiger partial charge in [0.15, 0.2) is 0 Å². The number of carboxylic acids is 1. The number of likely N-dealkylation sites (tertiary alicyclic amines) is 1. The van der Waals surface area contributed by atoms with Crippen molar-refractivity contribution in [2.75, 3.05) is 13.1 Å². The molecule has 2 atom stereocenters. The molecular weight excluding hydrogens is 180 g/mol. The van der Waals surface area contributed by atoms with Gasteiger partial charge in [-0.2, -0.15) is 0 Å². The molecule has 1 saturated heterocycles. The SMILES string of the molecule is CC(C(N)C(=O)O)N1CCCCCC1. The Morgan fingerprint density at radius 2 is 1.79 bits per heavy atom. The number of nitrogens with zero attached hydrogens (tertiary/aromatic N) is 1. The van der Waals surface area contributed by atoms with Crippen molar-refractivity contribution in [3.05, 3.63) is 0 Å². The molecule has 0 aromatic heterocycles. The molecule has 0 bridgehead atoms. The fourth-order valence-electron chi connectivity index (χ4n) is 1.94. The molecule has 1 fully saturated rings. The van der Waals surface area contributed by atoms with Crippen LogP contribution in [-0.4, -0.2) is 41.1 Å². The van der Waals surface area contributed by atoms with E-state index in [-0.39, 0.29) is 6.04 Å². The lowest BCUT2D eigenvalue weighted by atomic mass is 10.1. The number of carbonyl (C=O) groups is 1. The Labute approximate surface area is 85.1 Å². The second kappa shape index (κ2) is 5.32. The van der Waals surface area contributed by atoms with Crippen LogP contribution in [0.25, 0.3) is 0 Å². The van der Waals surface area contributed by atoms with Crippen molar-refractivity contribution < 1.29 is 9.90 Å². The number of hydrogen-bond acceptors (Lipinski definition) is 3. The summed E-state index contributed by atoms with van der Waals surface area (Å²) in [4.78, 5) is 12.9. The van der Waals surface area contributed by atoms with E-state index in [2.05, 4.69) is 4.90 Å². The molecule has 3 N–H and O–H groups in total. The molecule has 0 aromatic rings. The Morgan fingerprint density at radius 3 is 2.21 bits per heavy atom. The van der Waals surface area contributed by atoms with Gasteiger partial charge in [0.1, 0.15) is 6.04 Å². The smallest absolute Gasteiger partial charge is 0.322 e. The van der Waals surface area contributed by atoms with Crippen LogP contribution in [0.3, 0.4) is 0 Å². The average molecular weight is 200 g/mol. The van der Waals surface area contributed by atoms with Crippen molar-refractivity contribution in [3.8, 4) is 0 Å². The largest absolute Gasteiger partial charge is 0.480 e. The fraction of sp³-hybridized carbons (Fsp3) is 0.900. The third kappa shape index (κ3) is 2.96. The normalized spacial score (nSPS) is 23.9. The van der Waals surface area contributed by atoms with E-state index in [4.69, 9.17) is 10.8 Å². The van der Waals surface area contributed by atoms with Gasteiger partial charge in [0.25, 0.3) is 0 Å². The van der Waals surface area contributed by atoms with Gasteiger partial charge in [-0.15, -0.1) is 0 Å². The highest BCUT2D eigenvalue weighted by Gasteiger charge is 2.25. The van der Waals surface area contributed by atoms with Gasteiger partial charge in [-0.25, -0.2) is 0 Å². The van der Waals surface area contributed by atoms with E-state index in [1.165, 1.54) is 12.8 Å². The Morgan fingerprint density at radius 1 is 1.29 bits per heavy atom. The van der Waals surface area contributed by atoms with E-state index in [1.807, 2.05) is 6.92 Å². The van der Waals surface area contributed by atoms with Crippen LogP contribution >= 0.6 is 0 Å². The maximum atomic E-state index is 10.7. The summed E-state index contributed by atoms with van der Waals surface area (Å²) in [7, 11) is 0. The van der Waals surface area contributed by atoms with Crippen molar-refractivity contribution in [3.63, 3.8) is 0 Å². The number of aliphatic carboxylic acids is 1. The molecule has 0 aliphatic carbocycles. The van der Waals surface area contributed by atoms with Crippen LogP contribution < -0.4 is 5.73 Å². The molecule has 4 nitrogen and oxygen atoms in total. The quantitative estimate of drug-likeness (QED) is 0.702. The standard InChI is InChI=1S/C10H20N2O2/c1-8(9(11)10(13)14)12-6-4-2-3-5-7-12/h8-9H,2-7,11H2,1H3,(H,13,14). The van der Waals surface area contributed by atoms with E-state index in [1.54, 1.807) is 0 Å². The molecule has 4 heteroatoms. The molecule has 0 radical (unpaired) electrons. The lowest BCUT2D eigenvalue weighted by molar-refractivity contribution is -0.140. The summed E-state index contributed by atoms with van der Waals surface area (Å²) in [5.74, 6) is -0.901. The van der Waals surface area contributed by atoms with Gasteiger partial charge >= 0.3 is 5.97 Å². The van der Waals surface area contributed by atoms with Gasteiger partial charge in [-0.1, -0.05) is 12.8 Å². The monoisotopic (exact) mass is 200 g/mol. The molecule has 1 heterocycles. The second-order valence-corrected chi connectivity index (χ2v) is 4.05. The molecule has 0 saturated carbocycles. The number of hydrogen-bond donors (Lipinski definition) is 2. The Bertz CT molecular complexity index is 189. The van der Waals surface area contributed by atoms with Crippen LogP contribution in [0.5, 0.6) is 0 Å². The predicted octanol–water partition coefficient (Wildman–Crippen LogP) is 0.663. The van der Waals surface area contributed by atoms with Crippen molar-refractivity contribution in [1.82, 2.24) is 4.90 Å². The molecule has 1 rings (SSSR count). The maximum Gasteiger partial charge on any atom is 0.322 e. The highest BCUT2D eigenvalue weighted by atomic mass is 16.4. The first-order valence-corrected chi connectivity index (χ1v) is 5.35. The summed E-state index contributed by atoms with van der Waals surface area (Å²) >= 11 is 0. The zero-order chi connectivity index (χ0) is 10.6. The van der Waals surface area contributed by atoms with Crippen molar-refractivity contribution in [2.24, 2.45) is 5.73 Å². The van der Waals surface area contributed by atoms with E-state index < -0.39 is 12.0 Å². The molecule has 0 amide bonds. The first-order valence-electron chi connectivity index (χ1n) is 5.35. The lowest BCUT2D eigenvalue weighted by Crippen LogP contribution is -2.50. The lowest BCUT2D eigenvalue weighted by Gasteiger charge is -2.29. The predicted molar refractivity (Wildman–Crippen MR) is 55.1 cm³/mol. The van der Waals surface area contributed by atoms with Crippen LogP contribution in [0.4, 0.5) is 0 Å². The molecule has 0 aromatic carbocycles. The van der Waals surface area contributed by atoms with Gasteiger partial charge in [0.2, 0.25) is 0 Å². The first-order chi connectivity index (χ1) is 6.63. The minimum Gasteiger partial charge on any atom is -0.480 e. The van der Waals surface area contributed by atoms with Crippen LogP contribution in [0.1, 0.15) is 32.6 Å². The van der Waals surface area contributed by atoms with Crippen molar-refractivity contribution in [2.45, 2.75) is 44.7 Å². The van der Waals surface area contributed by atoms with E-state index in [0.29, 0.717) is 0 Å². The minimum atomic E-state index is -0.901. The highest BCUT2D eigenvalue weighted by molar-refractivity contribution is 5.74. The van der Waals surface area contributed by atoms with Crippen molar-refractivity contribution in [1.29, 1.82) is 0 Å². The molecule has 14 heavy (non-hydrogen) atoms. The summed E-state index contributed by atoms with van der Waals surface area (Å²) < 4.78 is 0. The van der Waals surface area contributed by atoms with Crippen LogP contribution in [0.2, 0.25) is 0 Å². The van der Waals surface area contributed by atoms with Gasteiger partial charge in [-0.05, 0) is 32.9 Å². The fourth-order valence-corrected chi connectivity index (χ4v) is 1.94. The summed E-state index contributed by atoms with van der Waals surface area (Å²) in [6.07, 6.45) is 4.84. The van der Waals surface area contributed by atoms with Gasteiger partial charge < -0.3 is 10.8 Å². The maximum absolute atomic E-state index is 10.7. The molecular formula is C10H20N2O2. The summed E-state index contributed by atoms with van der Waals surface area (Å²) in [5.41, 5.74) is 5.60. The molecule has 82 valence electrons. The first kappa shape index (κ1) is 11.5. The number of nitrogens with two attached hydrogens (primary N) is 1. The topological polar surface area (TPSA) is 66.6 Å². The third-order valence-electron chi connectivity index (χ3n) is 3.02. The van der Waals surface area contributed by atoms with E-state index >= 15 is 0 Å². The Balaban J connectivity index is 2.48. The number of rotatable bonds is 3. The molecule has 0 spiro atoms. The summed E-state index contributed by atoms with van der Waals surface area (Å²) in [6.45, 7) is 3.88. The average Bonchev–Trinajstić information content (AvgIpc) is 2.43. The van der Waals surface area contributed by atoms with E-state index in [0.717, 1.165) is 25.9 Å². The molecule has 1 aliphatic rings. The molecule has 1 aliphatic heterocycles. The summed E-state index contributed by atoms with van der Waals surface area (Å²) in [5, 5.41) is 8.80. The Hall–Kier alpha value is -0.610. The van der Waals surface area contributed by atoms with Gasteiger partial charge in [-0.3, -0.25) is 9.69 Å². The minimum absolute atomic E-state index is 0.0504. The van der Waals surface area contributed by atoms with Crippen LogP contribution in [0.15, 0.2) is 0 Å².